The van der Waals surface area contributed by atoms with E-state index in [1.54, 1.807) is 0 Å². The smallest absolute Gasteiger partial charge is 0.233 e. The molecule has 2 aromatic carbocycles. The molecule has 5 aliphatic rings. The van der Waals surface area contributed by atoms with E-state index in [1.807, 2.05) is 0 Å². The molecule has 212 valence electrons. The highest BCUT2D eigenvalue weighted by Gasteiger charge is 2.57. The molecule has 4 atom stereocenters. The highest BCUT2D eigenvalue weighted by atomic mass is 35.5. The van der Waals surface area contributed by atoms with Gasteiger partial charge in [-0.25, -0.2) is 0 Å². The molecule has 8 heteroatoms. The summed E-state index contributed by atoms with van der Waals surface area (Å²) in [5, 5.41) is 4.78. The SMILES string of the molecule is O=C(C1C[NH2+]C[C@]12C[NH2+]Cc1c2ccc2c1OCO2)N1CC[C@@H](c2ccccc2)C[C@H]1C1CCCCC1.[Cl-].[Cl-]. The molecule has 4 heterocycles. The molecule has 4 N–H and O–H groups in total. The van der Waals surface area contributed by atoms with Crippen molar-refractivity contribution in [3.05, 3.63) is 59.2 Å². The average Bonchev–Trinajstić information content (AvgIpc) is 3.62. The van der Waals surface area contributed by atoms with Crippen molar-refractivity contribution in [2.75, 3.05) is 33.0 Å². The van der Waals surface area contributed by atoms with Crippen LogP contribution in [0.2, 0.25) is 0 Å². The number of carbonyl (C=O) groups excluding carboxylic acids is 1. The lowest BCUT2D eigenvalue weighted by Crippen LogP contribution is -3.00. The van der Waals surface area contributed by atoms with Crippen molar-refractivity contribution < 1.29 is 49.7 Å². The van der Waals surface area contributed by atoms with Crippen LogP contribution in [0.4, 0.5) is 0 Å². The first-order valence-corrected chi connectivity index (χ1v) is 14.7. The Labute approximate surface area is 244 Å². The first kappa shape index (κ1) is 28.5. The van der Waals surface area contributed by atoms with Crippen LogP contribution in [0, 0.1) is 11.8 Å². The summed E-state index contributed by atoms with van der Waals surface area (Å²) in [7, 11) is 0. The number of nitrogens with two attached hydrogens (primary N) is 2. The number of rotatable bonds is 3. The van der Waals surface area contributed by atoms with E-state index in [0.29, 0.717) is 30.6 Å². The summed E-state index contributed by atoms with van der Waals surface area (Å²) in [6, 6.07) is 15.7. The molecule has 0 radical (unpaired) electrons. The van der Waals surface area contributed by atoms with E-state index in [0.717, 1.165) is 57.1 Å². The maximum atomic E-state index is 14.6. The van der Waals surface area contributed by atoms with Crippen LogP contribution in [0.1, 0.15) is 67.6 Å². The zero-order valence-electron chi connectivity index (χ0n) is 22.6. The molecule has 1 amide bonds. The van der Waals surface area contributed by atoms with Gasteiger partial charge < -0.3 is 49.8 Å². The maximum absolute atomic E-state index is 14.6. The first-order valence-electron chi connectivity index (χ1n) is 14.7. The standard InChI is InChI=1S/C31H39N3O3.2ClH/c35-30(26-17-33-19-31(26)18-32-16-24-25(31)11-12-28-29(24)37-20-36-28)34-14-13-23(21-7-3-1-4-8-21)15-27(34)22-9-5-2-6-10-22;;/h1,3-4,7-8,11-12,22-23,26-27,32-33H,2,5-6,9-10,13-20H2;2*1H/t23-,26?,27+,31+;;/m1../s1. The van der Waals surface area contributed by atoms with Gasteiger partial charge in [-0.1, -0.05) is 55.7 Å². The molecule has 2 saturated heterocycles. The molecule has 1 aliphatic carbocycles. The van der Waals surface area contributed by atoms with Gasteiger partial charge in [0.05, 0.1) is 25.2 Å². The minimum atomic E-state index is -0.140. The number of ether oxygens (including phenoxy) is 2. The Bertz CT molecular complexity index is 1160. The molecule has 7 rings (SSSR count). The third-order valence-corrected chi connectivity index (χ3v) is 10.3. The highest BCUT2D eigenvalue weighted by Crippen LogP contribution is 2.46. The number of hydrogen-bond acceptors (Lipinski definition) is 3. The summed E-state index contributed by atoms with van der Waals surface area (Å²) in [6.07, 6.45) is 8.72. The van der Waals surface area contributed by atoms with Crippen LogP contribution in [0.5, 0.6) is 11.5 Å². The fraction of sp³-hybridized carbons (Fsp3) is 0.581. The Morgan fingerprint density at radius 2 is 1.72 bits per heavy atom. The molecule has 0 aromatic heterocycles. The Morgan fingerprint density at radius 1 is 0.923 bits per heavy atom. The number of amides is 1. The van der Waals surface area contributed by atoms with Crippen molar-refractivity contribution >= 4 is 5.91 Å². The van der Waals surface area contributed by atoms with Crippen LogP contribution < -0.4 is 44.9 Å². The molecule has 1 unspecified atom stereocenters. The zero-order chi connectivity index (χ0) is 24.8. The number of fused-ring (bicyclic) bond motifs is 4. The van der Waals surface area contributed by atoms with Gasteiger partial charge in [-0.05, 0) is 54.7 Å². The van der Waals surface area contributed by atoms with Crippen LogP contribution >= 0.6 is 0 Å². The van der Waals surface area contributed by atoms with Crippen molar-refractivity contribution in [3.8, 4) is 11.5 Å². The molecule has 4 aliphatic heterocycles. The van der Waals surface area contributed by atoms with E-state index in [9.17, 15) is 4.79 Å². The van der Waals surface area contributed by atoms with Gasteiger partial charge in [0.15, 0.2) is 11.5 Å². The van der Waals surface area contributed by atoms with Gasteiger partial charge in [-0.15, -0.1) is 0 Å². The van der Waals surface area contributed by atoms with Crippen LogP contribution in [-0.2, 0) is 16.8 Å². The zero-order valence-corrected chi connectivity index (χ0v) is 24.1. The number of likely N-dealkylation sites (tertiary alicyclic amines) is 1. The van der Waals surface area contributed by atoms with Crippen molar-refractivity contribution in [1.29, 1.82) is 0 Å². The molecule has 3 fully saturated rings. The van der Waals surface area contributed by atoms with Gasteiger partial charge in [-0.3, -0.25) is 4.79 Å². The van der Waals surface area contributed by atoms with E-state index in [-0.39, 0.29) is 36.1 Å². The molecular formula is C31H41Cl2N3O3. The molecule has 39 heavy (non-hydrogen) atoms. The lowest BCUT2D eigenvalue weighted by Gasteiger charge is -2.47. The fourth-order valence-corrected chi connectivity index (χ4v) is 8.48. The Hall–Kier alpha value is -1.99. The van der Waals surface area contributed by atoms with Gasteiger partial charge in [0.25, 0.3) is 0 Å². The van der Waals surface area contributed by atoms with Crippen LogP contribution in [0.15, 0.2) is 42.5 Å². The summed E-state index contributed by atoms with van der Waals surface area (Å²) < 4.78 is 11.6. The molecule has 0 bridgehead atoms. The van der Waals surface area contributed by atoms with Crippen molar-refractivity contribution in [2.24, 2.45) is 11.8 Å². The summed E-state index contributed by atoms with van der Waals surface area (Å²) in [6.45, 7) is 4.92. The topological polar surface area (TPSA) is 72.0 Å². The predicted octanol–water partition coefficient (Wildman–Crippen LogP) is -3.71. The number of carbonyl (C=O) groups is 1. The van der Waals surface area contributed by atoms with Crippen LogP contribution in [0.25, 0.3) is 0 Å². The Balaban J connectivity index is 0.00000154. The first-order chi connectivity index (χ1) is 18.2. The Kier molecular flexibility index (Phi) is 8.68. The van der Waals surface area contributed by atoms with Gasteiger partial charge in [0, 0.05) is 12.6 Å². The van der Waals surface area contributed by atoms with Gasteiger partial charge in [-0.2, -0.15) is 0 Å². The lowest BCUT2D eigenvalue weighted by molar-refractivity contribution is -0.691. The number of piperidine rings is 1. The van der Waals surface area contributed by atoms with Crippen molar-refractivity contribution in [2.45, 2.75) is 68.9 Å². The number of nitrogens with zero attached hydrogens (tertiary/aromatic N) is 1. The third kappa shape index (κ3) is 4.92. The fourth-order valence-electron chi connectivity index (χ4n) is 8.48. The van der Waals surface area contributed by atoms with Crippen molar-refractivity contribution in [3.63, 3.8) is 0 Å². The van der Waals surface area contributed by atoms with Gasteiger partial charge in [0.2, 0.25) is 12.7 Å². The third-order valence-electron chi connectivity index (χ3n) is 10.3. The largest absolute Gasteiger partial charge is 1.00 e. The van der Waals surface area contributed by atoms with E-state index in [1.165, 1.54) is 48.8 Å². The number of quaternary nitrogens is 2. The van der Waals surface area contributed by atoms with Gasteiger partial charge in [0.1, 0.15) is 17.9 Å². The predicted molar refractivity (Wildman–Crippen MR) is 140 cm³/mol. The summed E-state index contributed by atoms with van der Waals surface area (Å²) in [5.74, 6) is 3.40. The highest BCUT2D eigenvalue weighted by molar-refractivity contribution is 5.82. The summed E-state index contributed by atoms with van der Waals surface area (Å²) >= 11 is 0. The second kappa shape index (κ2) is 11.9. The second-order valence-corrected chi connectivity index (χ2v) is 12.1. The molecule has 1 spiro atoms. The van der Waals surface area contributed by atoms with Gasteiger partial charge >= 0.3 is 0 Å². The molecule has 2 aromatic rings. The average molecular weight is 575 g/mol. The minimum Gasteiger partial charge on any atom is -1.00 e. The Morgan fingerprint density at radius 3 is 2.54 bits per heavy atom. The van der Waals surface area contributed by atoms with E-state index >= 15 is 0 Å². The van der Waals surface area contributed by atoms with Crippen LogP contribution in [-0.4, -0.2) is 49.8 Å². The minimum absolute atomic E-state index is 0. The number of halogens is 2. The monoisotopic (exact) mass is 573 g/mol. The van der Waals surface area contributed by atoms with Crippen LogP contribution in [0.3, 0.4) is 0 Å². The van der Waals surface area contributed by atoms with E-state index in [2.05, 4.69) is 58.0 Å². The van der Waals surface area contributed by atoms with E-state index < -0.39 is 0 Å². The molecule has 1 saturated carbocycles. The lowest BCUT2D eigenvalue weighted by atomic mass is 9.67. The maximum Gasteiger partial charge on any atom is 0.233 e. The number of benzene rings is 2. The molecular weight excluding hydrogens is 533 g/mol. The normalized spacial score (nSPS) is 29.8. The number of hydrogen-bond donors (Lipinski definition) is 2. The molecule has 6 nitrogen and oxygen atoms in total. The summed E-state index contributed by atoms with van der Waals surface area (Å²) in [5.41, 5.74) is 3.90. The van der Waals surface area contributed by atoms with Crippen molar-refractivity contribution in [1.82, 2.24) is 4.90 Å². The second-order valence-electron chi connectivity index (χ2n) is 12.1. The quantitative estimate of drug-likeness (QED) is 0.397. The van der Waals surface area contributed by atoms with E-state index in [4.69, 9.17) is 9.47 Å². The summed E-state index contributed by atoms with van der Waals surface area (Å²) in [4.78, 5) is 17.0.